The molecule has 1 heterocycles. The van der Waals surface area contributed by atoms with Crippen LogP contribution in [0.15, 0.2) is 24.3 Å². The minimum atomic E-state index is 0.497. The van der Waals surface area contributed by atoms with Crippen LogP contribution in [0.5, 0.6) is 5.75 Å². The minimum Gasteiger partial charge on any atom is -0.496 e. The molecule has 1 aromatic heterocycles. The second kappa shape index (κ2) is 3.65. The van der Waals surface area contributed by atoms with E-state index in [2.05, 4.69) is 9.97 Å². The zero-order valence-corrected chi connectivity index (χ0v) is 8.74. The van der Waals surface area contributed by atoms with Crippen LogP contribution in [0.3, 0.4) is 0 Å². The standard InChI is InChI=1S/C11H13N3O/c1-7-13-10(11(12)14-7)8-5-3-4-6-9(8)15-2/h3-6H,12H2,1-2H3,(H,13,14). The van der Waals surface area contributed by atoms with E-state index >= 15 is 0 Å². The number of anilines is 1. The maximum absolute atomic E-state index is 5.80. The quantitative estimate of drug-likeness (QED) is 0.784. The number of rotatable bonds is 2. The number of nitrogen functional groups attached to an aromatic ring is 1. The van der Waals surface area contributed by atoms with E-state index in [1.807, 2.05) is 31.2 Å². The number of benzene rings is 1. The molecule has 78 valence electrons. The topological polar surface area (TPSA) is 63.9 Å². The summed E-state index contributed by atoms with van der Waals surface area (Å²) in [4.78, 5) is 7.25. The zero-order valence-electron chi connectivity index (χ0n) is 8.74. The number of nitrogens with one attached hydrogen (secondary N) is 1. The lowest BCUT2D eigenvalue weighted by Crippen LogP contribution is -1.91. The molecule has 0 saturated heterocycles. The van der Waals surface area contributed by atoms with Crippen LogP contribution in [0.4, 0.5) is 5.82 Å². The summed E-state index contributed by atoms with van der Waals surface area (Å²) < 4.78 is 5.26. The molecule has 4 heteroatoms. The van der Waals surface area contributed by atoms with Crippen molar-refractivity contribution in [1.82, 2.24) is 9.97 Å². The monoisotopic (exact) mass is 203 g/mol. The van der Waals surface area contributed by atoms with Gasteiger partial charge in [-0.05, 0) is 19.1 Å². The van der Waals surface area contributed by atoms with Crippen LogP contribution in [0.1, 0.15) is 5.82 Å². The Morgan fingerprint density at radius 3 is 2.67 bits per heavy atom. The Morgan fingerprint density at radius 1 is 1.33 bits per heavy atom. The number of hydrogen-bond donors (Lipinski definition) is 2. The molecule has 2 aromatic rings. The van der Waals surface area contributed by atoms with E-state index in [-0.39, 0.29) is 0 Å². The Balaban J connectivity index is 2.58. The molecule has 0 unspecified atom stereocenters. The summed E-state index contributed by atoms with van der Waals surface area (Å²) in [5, 5.41) is 0. The summed E-state index contributed by atoms with van der Waals surface area (Å²) in [6.45, 7) is 1.87. The van der Waals surface area contributed by atoms with Crippen molar-refractivity contribution in [2.75, 3.05) is 12.8 Å². The highest BCUT2D eigenvalue weighted by Crippen LogP contribution is 2.31. The average molecular weight is 203 g/mol. The van der Waals surface area contributed by atoms with E-state index < -0.39 is 0 Å². The smallest absolute Gasteiger partial charge is 0.150 e. The third-order valence-corrected chi connectivity index (χ3v) is 2.23. The van der Waals surface area contributed by atoms with Crippen LogP contribution in [0.25, 0.3) is 11.3 Å². The van der Waals surface area contributed by atoms with E-state index in [0.717, 1.165) is 22.8 Å². The highest BCUT2D eigenvalue weighted by molar-refractivity contribution is 5.75. The molecule has 15 heavy (non-hydrogen) atoms. The van der Waals surface area contributed by atoms with Crippen molar-refractivity contribution in [3.05, 3.63) is 30.1 Å². The average Bonchev–Trinajstić information content (AvgIpc) is 2.57. The Kier molecular flexibility index (Phi) is 2.33. The fourth-order valence-electron chi connectivity index (χ4n) is 1.57. The molecule has 2 rings (SSSR count). The van der Waals surface area contributed by atoms with Gasteiger partial charge in [0.1, 0.15) is 17.4 Å². The normalized spacial score (nSPS) is 10.3. The molecule has 1 aromatic carbocycles. The second-order valence-corrected chi connectivity index (χ2v) is 3.28. The largest absolute Gasteiger partial charge is 0.496 e. The molecule has 0 aliphatic rings. The van der Waals surface area contributed by atoms with Gasteiger partial charge in [-0.25, -0.2) is 4.98 Å². The van der Waals surface area contributed by atoms with Crippen LogP contribution in [-0.4, -0.2) is 17.1 Å². The first-order valence-electron chi connectivity index (χ1n) is 4.68. The molecular weight excluding hydrogens is 190 g/mol. The zero-order chi connectivity index (χ0) is 10.8. The number of para-hydroxylation sites is 1. The predicted molar refractivity (Wildman–Crippen MR) is 59.7 cm³/mol. The van der Waals surface area contributed by atoms with Crippen molar-refractivity contribution >= 4 is 5.82 Å². The molecule has 0 aliphatic heterocycles. The van der Waals surface area contributed by atoms with Gasteiger partial charge in [0.2, 0.25) is 0 Å². The van der Waals surface area contributed by atoms with Crippen molar-refractivity contribution in [3.8, 4) is 17.0 Å². The van der Waals surface area contributed by atoms with Crippen molar-refractivity contribution in [3.63, 3.8) is 0 Å². The minimum absolute atomic E-state index is 0.497. The number of aryl methyl sites for hydroxylation is 1. The van der Waals surface area contributed by atoms with Gasteiger partial charge in [-0.2, -0.15) is 0 Å². The molecule has 0 aliphatic carbocycles. The van der Waals surface area contributed by atoms with Crippen molar-refractivity contribution in [2.24, 2.45) is 0 Å². The van der Waals surface area contributed by atoms with E-state index in [0.29, 0.717) is 5.82 Å². The molecular formula is C11H13N3O. The second-order valence-electron chi connectivity index (χ2n) is 3.28. The number of nitrogens with zero attached hydrogens (tertiary/aromatic N) is 1. The summed E-state index contributed by atoms with van der Waals surface area (Å²) in [6.07, 6.45) is 0. The van der Waals surface area contributed by atoms with Gasteiger partial charge in [0.25, 0.3) is 0 Å². The highest BCUT2D eigenvalue weighted by atomic mass is 16.5. The van der Waals surface area contributed by atoms with Gasteiger partial charge in [0, 0.05) is 5.56 Å². The number of methoxy groups -OCH3 is 1. The maximum Gasteiger partial charge on any atom is 0.150 e. The Labute approximate surface area is 88.1 Å². The number of hydrogen-bond acceptors (Lipinski definition) is 3. The lowest BCUT2D eigenvalue weighted by atomic mass is 10.1. The van der Waals surface area contributed by atoms with Crippen LogP contribution in [0, 0.1) is 6.92 Å². The SMILES string of the molecule is COc1ccccc1-c1[nH]c(C)nc1N. The van der Waals surface area contributed by atoms with E-state index in [9.17, 15) is 0 Å². The third-order valence-electron chi connectivity index (χ3n) is 2.23. The van der Waals surface area contributed by atoms with Crippen molar-refractivity contribution in [1.29, 1.82) is 0 Å². The molecule has 4 nitrogen and oxygen atoms in total. The lowest BCUT2D eigenvalue weighted by molar-refractivity contribution is 0.416. The number of ether oxygens (including phenoxy) is 1. The van der Waals surface area contributed by atoms with Crippen LogP contribution in [-0.2, 0) is 0 Å². The van der Waals surface area contributed by atoms with Gasteiger partial charge in [0.15, 0.2) is 0 Å². The number of nitrogens with two attached hydrogens (primary N) is 1. The van der Waals surface area contributed by atoms with Crippen molar-refractivity contribution in [2.45, 2.75) is 6.92 Å². The van der Waals surface area contributed by atoms with Crippen LogP contribution < -0.4 is 10.5 Å². The molecule has 0 bridgehead atoms. The van der Waals surface area contributed by atoms with E-state index in [4.69, 9.17) is 10.5 Å². The summed E-state index contributed by atoms with van der Waals surface area (Å²) in [6, 6.07) is 7.70. The first-order valence-corrected chi connectivity index (χ1v) is 4.68. The number of H-pyrrole nitrogens is 1. The lowest BCUT2D eigenvalue weighted by Gasteiger charge is -2.06. The number of aromatic amines is 1. The van der Waals surface area contributed by atoms with Gasteiger partial charge in [-0.15, -0.1) is 0 Å². The Morgan fingerprint density at radius 2 is 2.07 bits per heavy atom. The first kappa shape index (κ1) is 9.58. The first-order chi connectivity index (χ1) is 7.22. The molecule has 3 N–H and O–H groups in total. The fraction of sp³-hybridized carbons (Fsp3) is 0.182. The highest BCUT2D eigenvalue weighted by Gasteiger charge is 2.11. The van der Waals surface area contributed by atoms with Gasteiger partial charge < -0.3 is 15.5 Å². The number of imidazole rings is 1. The summed E-state index contributed by atoms with van der Waals surface area (Å²) in [7, 11) is 1.64. The van der Waals surface area contributed by atoms with Crippen molar-refractivity contribution < 1.29 is 4.74 Å². The molecule has 0 atom stereocenters. The number of aromatic nitrogens is 2. The van der Waals surface area contributed by atoms with Gasteiger partial charge in [0.05, 0.1) is 12.8 Å². The Hall–Kier alpha value is -1.97. The fourth-order valence-corrected chi connectivity index (χ4v) is 1.57. The molecule has 0 saturated carbocycles. The van der Waals surface area contributed by atoms with Crippen LogP contribution in [0.2, 0.25) is 0 Å². The van der Waals surface area contributed by atoms with Gasteiger partial charge in [-0.3, -0.25) is 0 Å². The van der Waals surface area contributed by atoms with E-state index in [1.165, 1.54) is 0 Å². The van der Waals surface area contributed by atoms with Crippen LogP contribution >= 0.6 is 0 Å². The molecule has 0 amide bonds. The maximum atomic E-state index is 5.80. The Bertz CT molecular complexity index is 476. The molecule has 0 fully saturated rings. The summed E-state index contributed by atoms with van der Waals surface area (Å²) in [5.41, 5.74) is 7.54. The molecule has 0 spiro atoms. The van der Waals surface area contributed by atoms with E-state index in [1.54, 1.807) is 7.11 Å². The van der Waals surface area contributed by atoms with Gasteiger partial charge >= 0.3 is 0 Å². The van der Waals surface area contributed by atoms with Gasteiger partial charge in [-0.1, -0.05) is 12.1 Å². The summed E-state index contributed by atoms with van der Waals surface area (Å²) in [5.74, 6) is 2.08. The predicted octanol–water partition coefficient (Wildman–Crippen LogP) is 1.98. The molecule has 0 radical (unpaired) electrons. The third kappa shape index (κ3) is 1.66. The summed E-state index contributed by atoms with van der Waals surface area (Å²) >= 11 is 0.